The normalized spacial score (nSPS) is 22.8. The summed E-state index contributed by atoms with van der Waals surface area (Å²) in [5, 5.41) is 6.94. The predicted octanol–water partition coefficient (Wildman–Crippen LogP) is 4.15. The molecular formula is C30H40N6O3. The lowest BCUT2D eigenvalue weighted by Gasteiger charge is -2.39. The van der Waals surface area contributed by atoms with Gasteiger partial charge >= 0.3 is 0 Å². The molecule has 2 N–H and O–H groups in total. The second-order valence-electron chi connectivity index (χ2n) is 11.7. The first-order valence-corrected chi connectivity index (χ1v) is 14.2. The van der Waals surface area contributed by atoms with Gasteiger partial charge in [-0.05, 0) is 55.2 Å². The van der Waals surface area contributed by atoms with Crippen LogP contribution in [-0.2, 0) is 19.8 Å². The Bertz CT molecular complexity index is 1200. The van der Waals surface area contributed by atoms with E-state index in [9.17, 15) is 4.79 Å². The van der Waals surface area contributed by atoms with Gasteiger partial charge in [0.1, 0.15) is 0 Å². The van der Waals surface area contributed by atoms with E-state index >= 15 is 0 Å². The third kappa shape index (κ3) is 6.64. The van der Waals surface area contributed by atoms with Crippen LogP contribution in [0.1, 0.15) is 63.8 Å². The maximum atomic E-state index is 13.1. The maximum absolute atomic E-state index is 13.1. The van der Waals surface area contributed by atoms with Crippen molar-refractivity contribution in [2.24, 2.45) is 10.4 Å². The fourth-order valence-electron chi connectivity index (χ4n) is 5.71. The molecule has 9 nitrogen and oxygen atoms in total. The fourth-order valence-corrected chi connectivity index (χ4v) is 5.71. The van der Waals surface area contributed by atoms with Gasteiger partial charge in [0.05, 0.1) is 35.8 Å². The zero-order chi connectivity index (χ0) is 27.3. The van der Waals surface area contributed by atoms with Crippen LogP contribution in [0.15, 0.2) is 35.1 Å². The summed E-state index contributed by atoms with van der Waals surface area (Å²) in [4.78, 5) is 28.3. The van der Waals surface area contributed by atoms with Crippen molar-refractivity contribution in [3.05, 3.63) is 52.9 Å². The Morgan fingerprint density at radius 1 is 1.10 bits per heavy atom. The van der Waals surface area contributed by atoms with E-state index in [4.69, 9.17) is 21.0 Å². The van der Waals surface area contributed by atoms with Crippen molar-refractivity contribution in [1.29, 1.82) is 0 Å². The fraction of sp³-hybridized carbons (Fsp3) is 0.600. The number of carbonyl (C=O) groups excluding carboxylic acids is 1. The number of carbonyl (C=O) groups is 1. The van der Waals surface area contributed by atoms with Gasteiger partial charge < -0.3 is 25.0 Å². The number of aliphatic imine (C=N–C) groups is 1. The molecule has 2 saturated heterocycles. The number of ether oxygens (including phenoxy) is 2. The number of aromatic nitrogens is 1. The molecule has 0 aromatic carbocycles. The summed E-state index contributed by atoms with van der Waals surface area (Å²) in [6.45, 7) is 18.5. The first kappa shape index (κ1) is 27.7. The van der Waals surface area contributed by atoms with Crippen LogP contribution in [0.25, 0.3) is 10.4 Å². The Balaban J connectivity index is 1.42. The minimum atomic E-state index is -0.277. The summed E-state index contributed by atoms with van der Waals surface area (Å²) in [7, 11) is 0. The lowest BCUT2D eigenvalue weighted by atomic mass is 9.77. The summed E-state index contributed by atoms with van der Waals surface area (Å²) < 4.78 is 11.3. The first-order chi connectivity index (χ1) is 18.9. The Labute approximate surface area is 231 Å². The number of nitrogens with zero attached hydrogens (tertiary/aromatic N) is 4. The van der Waals surface area contributed by atoms with Crippen LogP contribution in [-0.4, -0.2) is 74.1 Å². The van der Waals surface area contributed by atoms with Gasteiger partial charge in [-0.15, -0.1) is 4.99 Å². The second-order valence-corrected chi connectivity index (χ2v) is 11.7. The van der Waals surface area contributed by atoms with E-state index in [-0.39, 0.29) is 22.7 Å². The monoisotopic (exact) mass is 532 g/mol. The van der Waals surface area contributed by atoms with Gasteiger partial charge in [-0.3, -0.25) is 9.69 Å². The highest BCUT2D eigenvalue weighted by atomic mass is 16.5. The van der Waals surface area contributed by atoms with Crippen LogP contribution in [0.5, 0.6) is 0 Å². The SMILES string of the molecule is [C-]#[N+]C1=CCC(C(=O)Nc2ccc(C3(NCCN4CCOCC4)CCOCC3)nc2C2=CCC(C)(C)CC2)=N1. The molecule has 5 rings (SSSR count). The minimum Gasteiger partial charge on any atom is -0.381 e. The zero-order valence-electron chi connectivity index (χ0n) is 23.2. The molecule has 1 aromatic heterocycles. The molecule has 3 aliphatic heterocycles. The number of allylic oxidation sites excluding steroid dienone is 3. The number of hydrogen-bond donors (Lipinski definition) is 2. The van der Waals surface area contributed by atoms with Crippen LogP contribution in [0.4, 0.5) is 5.69 Å². The molecule has 0 atom stereocenters. The van der Waals surface area contributed by atoms with Crippen molar-refractivity contribution in [3.8, 4) is 0 Å². The quantitative estimate of drug-likeness (QED) is 0.489. The topological polar surface area (TPSA) is 92.4 Å². The summed E-state index contributed by atoms with van der Waals surface area (Å²) in [5.74, 6) is -0.00228. The van der Waals surface area contributed by atoms with Crippen molar-refractivity contribution in [3.63, 3.8) is 0 Å². The third-order valence-electron chi connectivity index (χ3n) is 8.36. The van der Waals surface area contributed by atoms with Gasteiger partial charge in [0, 0.05) is 45.8 Å². The summed E-state index contributed by atoms with van der Waals surface area (Å²) in [5.41, 5.74) is 4.06. The van der Waals surface area contributed by atoms with Crippen molar-refractivity contribution in [2.45, 2.75) is 57.9 Å². The summed E-state index contributed by atoms with van der Waals surface area (Å²) >= 11 is 0. The van der Waals surface area contributed by atoms with Crippen molar-refractivity contribution in [1.82, 2.24) is 15.2 Å². The van der Waals surface area contributed by atoms with E-state index in [0.29, 0.717) is 31.0 Å². The molecule has 1 aromatic rings. The number of morpholine rings is 1. The number of hydrogen-bond acceptors (Lipinski definition) is 7. The van der Waals surface area contributed by atoms with E-state index < -0.39 is 0 Å². The lowest BCUT2D eigenvalue weighted by molar-refractivity contribution is -0.110. The Morgan fingerprint density at radius 2 is 1.87 bits per heavy atom. The van der Waals surface area contributed by atoms with Crippen LogP contribution in [0.3, 0.4) is 0 Å². The Hall–Kier alpha value is -2.90. The average Bonchev–Trinajstić information content (AvgIpc) is 3.44. The highest BCUT2D eigenvalue weighted by Gasteiger charge is 2.36. The molecule has 39 heavy (non-hydrogen) atoms. The highest BCUT2D eigenvalue weighted by Crippen LogP contribution is 2.40. The second kappa shape index (κ2) is 12.1. The molecule has 2 fully saturated rings. The van der Waals surface area contributed by atoms with Gasteiger partial charge in [0.25, 0.3) is 11.7 Å². The van der Waals surface area contributed by atoms with E-state index in [1.54, 1.807) is 6.08 Å². The predicted molar refractivity (Wildman–Crippen MR) is 152 cm³/mol. The standard InChI is InChI=1S/C30H40N6O3/c1-29(2)10-8-22(9-11-29)27-23(34-28(37)24-5-7-26(31-3)33-24)4-6-25(35-27)30(12-18-38-19-13-30)32-14-15-36-16-20-39-21-17-36/h4,6-8,32H,5,9-21H2,1-2H3,(H,34,37). The molecule has 0 bridgehead atoms. The number of amides is 1. The van der Waals surface area contributed by atoms with Crippen molar-refractivity contribution < 1.29 is 14.3 Å². The number of anilines is 1. The number of pyridine rings is 1. The minimum absolute atomic E-state index is 0.258. The van der Waals surface area contributed by atoms with Crippen LogP contribution < -0.4 is 10.6 Å². The van der Waals surface area contributed by atoms with Crippen LogP contribution >= 0.6 is 0 Å². The van der Waals surface area contributed by atoms with Crippen molar-refractivity contribution >= 4 is 22.9 Å². The molecule has 208 valence electrons. The molecule has 0 saturated carbocycles. The van der Waals surface area contributed by atoms with Gasteiger partial charge in [-0.2, -0.15) is 0 Å². The van der Waals surface area contributed by atoms with Gasteiger partial charge in [-0.25, -0.2) is 4.98 Å². The molecule has 0 spiro atoms. The molecular weight excluding hydrogens is 492 g/mol. The highest BCUT2D eigenvalue weighted by molar-refractivity contribution is 6.44. The Morgan fingerprint density at radius 3 is 2.56 bits per heavy atom. The zero-order valence-corrected chi connectivity index (χ0v) is 23.2. The number of rotatable bonds is 8. The Kier molecular flexibility index (Phi) is 8.57. The van der Waals surface area contributed by atoms with E-state index in [1.165, 1.54) is 5.57 Å². The maximum Gasteiger partial charge on any atom is 0.294 e. The summed E-state index contributed by atoms with van der Waals surface area (Å²) in [6, 6.07) is 4.05. The van der Waals surface area contributed by atoms with Crippen molar-refractivity contribution in [2.75, 3.05) is 57.9 Å². The molecule has 4 aliphatic rings. The lowest BCUT2D eigenvalue weighted by Crippen LogP contribution is -2.50. The molecule has 1 amide bonds. The van der Waals surface area contributed by atoms with Crippen LogP contribution in [0, 0.1) is 12.0 Å². The van der Waals surface area contributed by atoms with Gasteiger partial charge in [0.2, 0.25) is 0 Å². The average molecular weight is 533 g/mol. The number of nitrogens with one attached hydrogen (secondary N) is 2. The van der Waals surface area contributed by atoms with E-state index in [1.807, 2.05) is 6.07 Å². The summed E-state index contributed by atoms with van der Waals surface area (Å²) in [6.07, 6.45) is 9.01. The molecule has 0 radical (unpaired) electrons. The molecule has 0 unspecified atom stereocenters. The molecule has 9 heteroatoms. The molecule has 1 aliphatic carbocycles. The van der Waals surface area contributed by atoms with Crippen LogP contribution in [0.2, 0.25) is 0 Å². The van der Waals surface area contributed by atoms with Gasteiger partial charge in [-0.1, -0.05) is 32.6 Å². The molecule has 4 heterocycles. The third-order valence-corrected chi connectivity index (χ3v) is 8.36. The smallest absolute Gasteiger partial charge is 0.294 e. The first-order valence-electron chi connectivity index (χ1n) is 14.2. The largest absolute Gasteiger partial charge is 0.381 e. The van der Waals surface area contributed by atoms with E-state index in [2.05, 4.69) is 51.4 Å². The van der Waals surface area contributed by atoms with Gasteiger partial charge in [0.15, 0.2) is 5.71 Å². The van der Waals surface area contributed by atoms with E-state index in [0.717, 1.165) is 82.9 Å².